The Hall–Kier alpha value is -2.37. The van der Waals surface area contributed by atoms with Crippen LogP contribution < -0.4 is 0 Å². The molecule has 2 aliphatic rings. The van der Waals surface area contributed by atoms with Crippen LogP contribution in [0.2, 0.25) is 0 Å². The second-order valence-electron chi connectivity index (χ2n) is 4.30. The summed E-state index contributed by atoms with van der Waals surface area (Å²) in [5.41, 5.74) is 1.53. The molecule has 6 nitrogen and oxygen atoms in total. The predicted molar refractivity (Wildman–Crippen MR) is 66.6 cm³/mol. The zero-order valence-corrected chi connectivity index (χ0v) is 11.0. The lowest BCUT2D eigenvalue weighted by Gasteiger charge is -2.13. The smallest absolute Gasteiger partial charge is 0.338 e. The van der Waals surface area contributed by atoms with E-state index in [0.29, 0.717) is 16.7 Å². The fourth-order valence-electron chi connectivity index (χ4n) is 1.81. The highest BCUT2D eigenvalue weighted by Crippen LogP contribution is 2.17. The molecule has 2 heterocycles. The van der Waals surface area contributed by atoms with E-state index in [2.05, 4.69) is 0 Å². The van der Waals surface area contributed by atoms with E-state index in [1.807, 2.05) is 0 Å². The van der Waals surface area contributed by atoms with Crippen molar-refractivity contribution in [2.24, 2.45) is 0 Å². The number of hydrogen-bond donors (Lipinski definition) is 0. The van der Waals surface area contributed by atoms with Crippen LogP contribution >= 0.6 is 0 Å². The highest BCUT2D eigenvalue weighted by molar-refractivity contribution is 5.91. The summed E-state index contributed by atoms with van der Waals surface area (Å²) in [6.45, 7) is 0.0246. The van der Waals surface area contributed by atoms with Crippen molar-refractivity contribution in [3.8, 4) is 0 Å². The fourth-order valence-corrected chi connectivity index (χ4v) is 1.81. The monoisotopic (exact) mass is 278 g/mol. The second kappa shape index (κ2) is 6.18. The average molecular weight is 278 g/mol. The molecular formula is C14H14O6. The molecule has 106 valence electrons. The van der Waals surface area contributed by atoms with Crippen molar-refractivity contribution in [1.82, 2.24) is 0 Å². The van der Waals surface area contributed by atoms with Gasteiger partial charge in [0.05, 0.1) is 25.5 Å². The van der Waals surface area contributed by atoms with Gasteiger partial charge in [0, 0.05) is 5.56 Å². The summed E-state index contributed by atoms with van der Waals surface area (Å²) in [4.78, 5) is 34.6. The molecule has 0 spiro atoms. The van der Waals surface area contributed by atoms with Crippen molar-refractivity contribution < 1.29 is 28.6 Å². The Morgan fingerprint density at radius 1 is 1.10 bits per heavy atom. The Bertz CT molecular complexity index is 549. The summed E-state index contributed by atoms with van der Waals surface area (Å²) in [6.07, 6.45) is -0.0544. The van der Waals surface area contributed by atoms with Gasteiger partial charge in [-0.3, -0.25) is 9.59 Å². The van der Waals surface area contributed by atoms with Gasteiger partial charge in [-0.2, -0.15) is 0 Å². The topological polar surface area (TPSA) is 78.9 Å². The largest absolute Gasteiger partial charge is 0.465 e. The minimum atomic E-state index is -0.527. The maximum Gasteiger partial charge on any atom is 0.338 e. The van der Waals surface area contributed by atoms with Gasteiger partial charge >= 0.3 is 17.9 Å². The van der Waals surface area contributed by atoms with E-state index >= 15 is 0 Å². The van der Waals surface area contributed by atoms with Crippen LogP contribution in [0.25, 0.3) is 0 Å². The third-order valence-electron chi connectivity index (χ3n) is 2.90. The van der Waals surface area contributed by atoms with E-state index < -0.39 is 17.9 Å². The van der Waals surface area contributed by atoms with Crippen LogP contribution in [0.4, 0.5) is 0 Å². The SMILES string of the molecule is COC(=O)c1cc2ccc1COC(=O)CCC(=O)OC2. The molecule has 1 aromatic carbocycles. The minimum Gasteiger partial charge on any atom is -0.465 e. The predicted octanol–water partition coefficient (Wildman–Crippen LogP) is 1.35. The van der Waals surface area contributed by atoms with Crippen LogP contribution in [0, 0.1) is 0 Å². The highest BCUT2D eigenvalue weighted by atomic mass is 16.5. The molecule has 0 saturated carbocycles. The molecule has 0 aromatic heterocycles. The van der Waals surface area contributed by atoms with Gasteiger partial charge in [-0.15, -0.1) is 0 Å². The Morgan fingerprint density at radius 2 is 1.75 bits per heavy atom. The van der Waals surface area contributed by atoms with Gasteiger partial charge in [0.1, 0.15) is 13.2 Å². The Balaban J connectivity index is 2.34. The summed E-state index contributed by atoms with van der Waals surface area (Å²) in [5.74, 6) is -1.52. The number of ether oxygens (including phenoxy) is 3. The molecule has 0 N–H and O–H groups in total. The Kier molecular flexibility index (Phi) is 4.34. The first-order valence-corrected chi connectivity index (χ1v) is 6.11. The van der Waals surface area contributed by atoms with E-state index in [4.69, 9.17) is 14.2 Å². The Morgan fingerprint density at radius 3 is 2.40 bits per heavy atom. The fraction of sp³-hybridized carbons (Fsp3) is 0.357. The van der Waals surface area contributed by atoms with Gasteiger partial charge in [-0.25, -0.2) is 4.79 Å². The summed E-state index contributed by atoms with van der Waals surface area (Å²) in [7, 11) is 1.27. The zero-order valence-electron chi connectivity index (χ0n) is 11.0. The number of rotatable bonds is 1. The number of carbonyl (C=O) groups is 3. The van der Waals surface area contributed by atoms with Crippen molar-refractivity contribution in [2.75, 3.05) is 7.11 Å². The van der Waals surface area contributed by atoms with E-state index in [9.17, 15) is 14.4 Å². The molecule has 6 heteroatoms. The molecule has 0 aliphatic carbocycles. The summed E-state index contributed by atoms with van der Waals surface area (Å²) < 4.78 is 14.7. The number of methoxy groups -OCH3 is 1. The molecule has 0 unspecified atom stereocenters. The van der Waals surface area contributed by atoms with Gasteiger partial charge < -0.3 is 14.2 Å². The zero-order chi connectivity index (χ0) is 14.5. The molecular weight excluding hydrogens is 264 g/mol. The average Bonchev–Trinajstić information content (AvgIpc) is 2.47. The molecule has 20 heavy (non-hydrogen) atoms. The van der Waals surface area contributed by atoms with Crippen molar-refractivity contribution in [2.45, 2.75) is 26.1 Å². The van der Waals surface area contributed by atoms with Crippen molar-refractivity contribution in [3.05, 3.63) is 34.9 Å². The molecule has 1 aromatic rings. The quantitative estimate of drug-likeness (QED) is 0.570. The maximum atomic E-state index is 11.7. The van der Waals surface area contributed by atoms with Gasteiger partial charge in [0.15, 0.2) is 0 Å². The molecule has 0 amide bonds. The third kappa shape index (κ3) is 3.34. The lowest BCUT2D eigenvalue weighted by atomic mass is 10.0. The van der Waals surface area contributed by atoms with Gasteiger partial charge in [-0.1, -0.05) is 12.1 Å². The van der Waals surface area contributed by atoms with E-state index in [-0.39, 0.29) is 26.1 Å². The standard InChI is InChI=1S/C14H14O6/c1-18-14(17)11-6-9-2-3-10(11)8-20-13(16)5-4-12(15)19-7-9/h2-3,6H,4-5,7-8H2,1H3. The van der Waals surface area contributed by atoms with Crippen LogP contribution in [0.15, 0.2) is 18.2 Å². The number of esters is 3. The minimum absolute atomic E-state index is 0.0151. The lowest BCUT2D eigenvalue weighted by molar-refractivity contribution is -0.151. The first kappa shape index (κ1) is 14.0. The number of hydrogen-bond acceptors (Lipinski definition) is 6. The molecule has 3 rings (SSSR count). The lowest BCUT2D eigenvalue weighted by Crippen LogP contribution is -2.14. The van der Waals surface area contributed by atoms with Crippen LogP contribution in [0.5, 0.6) is 0 Å². The molecule has 0 saturated heterocycles. The van der Waals surface area contributed by atoms with Crippen molar-refractivity contribution in [1.29, 1.82) is 0 Å². The molecule has 2 aliphatic heterocycles. The summed E-state index contributed by atoms with van der Waals surface area (Å²) in [6, 6.07) is 4.94. The normalized spacial score (nSPS) is 15.7. The summed E-state index contributed by atoms with van der Waals surface area (Å²) in [5, 5.41) is 0. The van der Waals surface area contributed by atoms with Crippen molar-refractivity contribution >= 4 is 17.9 Å². The number of fused-ring (bicyclic) bond motifs is 9. The molecule has 0 atom stereocenters. The third-order valence-corrected chi connectivity index (χ3v) is 2.90. The van der Waals surface area contributed by atoms with Gasteiger partial charge in [-0.05, 0) is 11.6 Å². The van der Waals surface area contributed by atoms with E-state index in [0.717, 1.165) is 0 Å². The molecule has 0 radical (unpaired) electrons. The van der Waals surface area contributed by atoms with Crippen LogP contribution in [0.1, 0.15) is 34.3 Å². The van der Waals surface area contributed by atoms with Crippen LogP contribution in [0.3, 0.4) is 0 Å². The van der Waals surface area contributed by atoms with E-state index in [1.54, 1.807) is 18.2 Å². The van der Waals surface area contributed by atoms with Gasteiger partial charge in [0.25, 0.3) is 0 Å². The first-order chi connectivity index (χ1) is 9.60. The van der Waals surface area contributed by atoms with Crippen LogP contribution in [-0.2, 0) is 37.0 Å². The summed E-state index contributed by atoms with van der Waals surface area (Å²) >= 11 is 0. The van der Waals surface area contributed by atoms with Gasteiger partial charge in [0.2, 0.25) is 0 Å². The maximum absolute atomic E-state index is 11.7. The van der Waals surface area contributed by atoms with Crippen molar-refractivity contribution in [3.63, 3.8) is 0 Å². The molecule has 0 fully saturated rings. The highest BCUT2D eigenvalue weighted by Gasteiger charge is 2.17. The second-order valence-corrected chi connectivity index (χ2v) is 4.30. The number of carbonyl (C=O) groups excluding carboxylic acids is 3. The number of benzene rings is 1. The first-order valence-electron chi connectivity index (χ1n) is 6.11. The van der Waals surface area contributed by atoms with E-state index in [1.165, 1.54) is 7.11 Å². The molecule has 2 bridgehead atoms. The van der Waals surface area contributed by atoms with Crippen LogP contribution in [-0.4, -0.2) is 25.0 Å². The Labute approximate surface area is 115 Å².